The van der Waals surface area contributed by atoms with Gasteiger partial charge in [-0.1, -0.05) is 6.07 Å². The Morgan fingerprint density at radius 1 is 1.31 bits per heavy atom. The highest BCUT2D eigenvalue weighted by Gasteiger charge is 2.30. The van der Waals surface area contributed by atoms with Crippen molar-refractivity contribution in [1.29, 1.82) is 0 Å². The molecule has 0 aromatic carbocycles. The van der Waals surface area contributed by atoms with Crippen LogP contribution in [-0.2, 0) is 9.53 Å². The molecule has 0 atom stereocenters. The Labute approximate surface area is 159 Å². The number of ether oxygens (including phenoxy) is 1. The summed E-state index contributed by atoms with van der Waals surface area (Å²) in [6.45, 7) is 3.37. The lowest BCUT2D eigenvalue weighted by Gasteiger charge is -2.30. The van der Waals surface area contributed by atoms with Crippen molar-refractivity contribution in [2.24, 2.45) is 5.92 Å². The highest BCUT2D eigenvalue weighted by Crippen LogP contribution is 2.28. The van der Waals surface area contributed by atoms with Crippen molar-refractivity contribution in [2.45, 2.75) is 19.8 Å². The first-order chi connectivity index (χ1) is 12.7. The van der Waals surface area contributed by atoms with Crippen LogP contribution in [0.25, 0.3) is 15.5 Å². The molecule has 0 spiro atoms. The maximum atomic E-state index is 12.9. The molecule has 1 aliphatic heterocycles. The van der Waals surface area contributed by atoms with Gasteiger partial charge in [0.25, 0.3) is 5.91 Å². The second kappa shape index (κ2) is 7.20. The second-order valence-corrected chi connectivity index (χ2v) is 7.98. The van der Waals surface area contributed by atoms with Gasteiger partial charge in [0, 0.05) is 24.7 Å². The van der Waals surface area contributed by atoms with Gasteiger partial charge in [-0.2, -0.15) is 0 Å². The Morgan fingerprint density at radius 3 is 2.81 bits per heavy atom. The first-order valence-electron chi connectivity index (χ1n) is 8.63. The molecule has 0 N–H and O–H groups in total. The van der Waals surface area contributed by atoms with E-state index >= 15 is 0 Å². The van der Waals surface area contributed by atoms with E-state index in [1.165, 1.54) is 11.3 Å². The van der Waals surface area contributed by atoms with Crippen molar-refractivity contribution in [3.8, 4) is 10.6 Å². The van der Waals surface area contributed by atoms with E-state index in [2.05, 4.69) is 4.98 Å². The normalized spacial score (nSPS) is 15.5. The first-order valence-corrected chi connectivity index (χ1v) is 10.4. The standard InChI is InChI=1S/C18H19N3O3S2/c1-2-24-17(23)12-5-7-20(8-6-12)16(22)14-11-26-18-19-13(10-21(14)18)15-4-3-9-25-15/h3-4,9-12H,2,5-8H2,1H3. The lowest BCUT2D eigenvalue weighted by atomic mass is 9.97. The first kappa shape index (κ1) is 17.2. The molecule has 1 fully saturated rings. The minimum Gasteiger partial charge on any atom is -0.466 e. The molecule has 1 saturated heterocycles. The van der Waals surface area contributed by atoms with Gasteiger partial charge in [-0.3, -0.25) is 14.0 Å². The number of hydrogen-bond acceptors (Lipinski definition) is 6. The van der Waals surface area contributed by atoms with Crippen LogP contribution >= 0.6 is 22.7 Å². The van der Waals surface area contributed by atoms with Crippen LogP contribution in [0, 0.1) is 5.92 Å². The molecule has 0 saturated carbocycles. The summed E-state index contributed by atoms with van der Waals surface area (Å²) in [6, 6.07) is 4.02. The summed E-state index contributed by atoms with van der Waals surface area (Å²) in [6.07, 6.45) is 3.24. The highest BCUT2D eigenvalue weighted by molar-refractivity contribution is 7.15. The zero-order chi connectivity index (χ0) is 18.1. The Morgan fingerprint density at radius 2 is 2.12 bits per heavy atom. The van der Waals surface area contributed by atoms with Crippen molar-refractivity contribution < 1.29 is 14.3 Å². The number of thiazole rings is 1. The molecule has 1 amide bonds. The van der Waals surface area contributed by atoms with E-state index in [-0.39, 0.29) is 17.8 Å². The summed E-state index contributed by atoms with van der Waals surface area (Å²) >= 11 is 3.10. The van der Waals surface area contributed by atoms with E-state index in [9.17, 15) is 9.59 Å². The molecular weight excluding hydrogens is 370 g/mol. The van der Waals surface area contributed by atoms with Gasteiger partial charge in [-0.05, 0) is 31.2 Å². The summed E-state index contributed by atoms with van der Waals surface area (Å²) in [5.41, 5.74) is 1.52. The molecule has 4 rings (SSSR count). The van der Waals surface area contributed by atoms with Crippen LogP contribution in [0.2, 0.25) is 0 Å². The molecule has 8 heteroatoms. The Kier molecular flexibility index (Phi) is 4.78. The fourth-order valence-electron chi connectivity index (χ4n) is 3.22. The number of rotatable bonds is 4. The minimum absolute atomic E-state index is 0.00584. The summed E-state index contributed by atoms with van der Waals surface area (Å²) < 4.78 is 6.97. The van der Waals surface area contributed by atoms with E-state index in [1.807, 2.05) is 45.3 Å². The number of aromatic nitrogens is 2. The molecule has 0 unspecified atom stereocenters. The van der Waals surface area contributed by atoms with Crippen LogP contribution < -0.4 is 0 Å². The average Bonchev–Trinajstić information content (AvgIpc) is 3.37. The summed E-state index contributed by atoms with van der Waals surface area (Å²) in [5, 5.41) is 3.88. The highest BCUT2D eigenvalue weighted by atomic mass is 32.1. The number of esters is 1. The molecule has 26 heavy (non-hydrogen) atoms. The van der Waals surface area contributed by atoms with Crippen LogP contribution in [0.5, 0.6) is 0 Å². The number of carbonyl (C=O) groups excluding carboxylic acids is 2. The molecule has 0 aliphatic carbocycles. The fourth-order valence-corrected chi connectivity index (χ4v) is 4.75. The molecule has 4 heterocycles. The smallest absolute Gasteiger partial charge is 0.309 e. The number of piperidine rings is 1. The number of carbonyl (C=O) groups is 2. The van der Waals surface area contributed by atoms with Crippen LogP contribution in [0.3, 0.4) is 0 Å². The van der Waals surface area contributed by atoms with E-state index in [4.69, 9.17) is 4.74 Å². The number of nitrogens with zero attached hydrogens (tertiary/aromatic N) is 3. The van der Waals surface area contributed by atoms with Crippen molar-refractivity contribution in [2.75, 3.05) is 19.7 Å². The maximum absolute atomic E-state index is 12.9. The van der Waals surface area contributed by atoms with Crippen LogP contribution in [0.4, 0.5) is 0 Å². The molecule has 136 valence electrons. The quantitative estimate of drug-likeness (QED) is 0.640. The zero-order valence-electron chi connectivity index (χ0n) is 14.4. The third-order valence-corrected chi connectivity index (χ3v) is 6.34. The minimum atomic E-state index is -0.146. The average molecular weight is 390 g/mol. The maximum Gasteiger partial charge on any atom is 0.309 e. The monoisotopic (exact) mass is 389 g/mol. The Balaban J connectivity index is 1.49. The van der Waals surface area contributed by atoms with E-state index in [0.29, 0.717) is 38.2 Å². The number of likely N-dealkylation sites (tertiary alicyclic amines) is 1. The van der Waals surface area contributed by atoms with Gasteiger partial charge in [-0.25, -0.2) is 4.98 Å². The summed E-state index contributed by atoms with van der Waals surface area (Å²) in [5.74, 6) is -0.249. The molecule has 3 aromatic heterocycles. The third-order valence-electron chi connectivity index (χ3n) is 4.60. The zero-order valence-corrected chi connectivity index (χ0v) is 16.0. The van der Waals surface area contributed by atoms with E-state index < -0.39 is 0 Å². The topological polar surface area (TPSA) is 63.9 Å². The van der Waals surface area contributed by atoms with E-state index in [0.717, 1.165) is 15.5 Å². The molecule has 3 aromatic rings. The van der Waals surface area contributed by atoms with Gasteiger partial charge in [0.2, 0.25) is 0 Å². The number of thiophene rings is 1. The molecule has 6 nitrogen and oxygen atoms in total. The third kappa shape index (κ3) is 3.14. The summed E-state index contributed by atoms with van der Waals surface area (Å²) in [4.78, 5) is 33.2. The van der Waals surface area contributed by atoms with Crippen molar-refractivity contribution in [1.82, 2.24) is 14.3 Å². The molecule has 0 radical (unpaired) electrons. The molecule has 0 bridgehead atoms. The van der Waals surface area contributed by atoms with Crippen LogP contribution in [0.1, 0.15) is 30.3 Å². The molecule has 1 aliphatic rings. The predicted molar refractivity (Wildman–Crippen MR) is 102 cm³/mol. The lowest BCUT2D eigenvalue weighted by Crippen LogP contribution is -2.41. The van der Waals surface area contributed by atoms with Crippen LogP contribution in [0.15, 0.2) is 29.1 Å². The van der Waals surface area contributed by atoms with Crippen LogP contribution in [-0.4, -0.2) is 45.9 Å². The van der Waals surface area contributed by atoms with Gasteiger partial charge in [0.1, 0.15) is 11.4 Å². The fraction of sp³-hybridized carbons (Fsp3) is 0.389. The van der Waals surface area contributed by atoms with Gasteiger partial charge in [0.05, 0.1) is 17.4 Å². The number of fused-ring (bicyclic) bond motifs is 1. The van der Waals surface area contributed by atoms with Gasteiger partial charge in [-0.15, -0.1) is 22.7 Å². The number of hydrogen-bond donors (Lipinski definition) is 0. The SMILES string of the molecule is CCOC(=O)C1CCN(C(=O)c2csc3nc(-c4cccs4)cn23)CC1. The lowest BCUT2D eigenvalue weighted by molar-refractivity contribution is -0.149. The summed E-state index contributed by atoms with van der Waals surface area (Å²) in [7, 11) is 0. The predicted octanol–water partition coefficient (Wildman–Crippen LogP) is 3.54. The Bertz CT molecular complexity index is 921. The van der Waals surface area contributed by atoms with Crippen molar-refractivity contribution >= 4 is 39.5 Å². The van der Waals surface area contributed by atoms with Gasteiger partial charge < -0.3 is 9.64 Å². The largest absolute Gasteiger partial charge is 0.466 e. The van der Waals surface area contributed by atoms with Gasteiger partial charge in [0.15, 0.2) is 4.96 Å². The molecular formula is C18H19N3O3S2. The van der Waals surface area contributed by atoms with Crippen molar-refractivity contribution in [3.63, 3.8) is 0 Å². The number of imidazole rings is 1. The second-order valence-electron chi connectivity index (χ2n) is 6.20. The van der Waals surface area contributed by atoms with Crippen molar-refractivity contribution in [3.05, 3.63) is 34.8 Å². The number of amides is 1. The van der Waals surface area contributed by atoms with Gasteiger partial charge >= 0.3 is 5.97 Å². The Hall–Kier alpha value is -2.19. The van der Waals surface area contributed by atoms with E-state index in [1.54, 1.807) is 11.3 Å².